The molecule has 1 aliphatic rings. The van der Waals surface area contributed by atoms with Crippen LogP contribution in [0.5, 0.6) is 0 Å². The molecule has 2 rings (SSSR count). The smallest absolute Gasteiger partial charge is 0.133 e. The van der Waals surface area contributed by atoms with Gasteiger partial charge < -0.3 is 15.4 Å². The summed E-state index contributed by atoms with van der Waals surface area (Å²) in [6, 6.07) is 4.01. The summed E-state index contributed by atoms with van der Waals surface area (Å²) in [6.07, 6.45) is 5.09. The summed E-state index contributed by atoms with van der Waals surface area (Å²) >= 11 is 0. The molecule has 0 amide bonds. The predicted molar refractivity (Wildman–Crippen MR) is 73.6 cm³/mol. The Balaban J connectivity index is 2.14. The molecule has 2 N–H and O–H groups in total. The van der Waals surface area contributed by atoms with Crippen molar-refractivity contribution in [2.24, 2.45) is 5.73 Å². The van der Waals surface area contributed by atoms with Gasteiger partial charge in [0.1, 0.15) is 5.82 Å². The van der Waals surface area contributed by atoms with E-state index in [-0.39, 0.29) is 6.04 Å². The minimum Gasteiger partial charge on any atom is -0.380 e. The zero-order valence-corrected chi connectivity index (χ0v) is 11.1. The van der Waals surface area contributed by atoms with Crippen molar-refractivity contribution in [1.29, 1.82) is 0 Å². The number of rotatable bonds is 4. The predicted octanol–water partition coefficient (Wildman–Crippen LogP) is 1.88. The highest BCUT2D eigenvalue weighted by Crippen LogP contribution is 2.25. The SMILES string of the molecule is COCC1=CCN(c2ncccc2[C@H](C)N)CC1. The number of nitrogens with two attached hydrogens (primary N) is 1. The maximum Gasteiger partial charge on any atom is 0.133 e. The van der Waals surface area contributed by atoms with Crippen molar-refractivity contribution in [3.05, 3.63) is 35.5 Å². The third-order valence-electron chi connectivity index (χ3n) is 3.24. The van der Waals surface area contributed by atoms with Crippen molar-refractivity contribution < 1.29 is 4.74 Å². The second-order valence-corrected chi connectivity index (χ2v) is 4.70. The minimum absolute atomic E-state index is 0.0121. The minimum atomic E-state index is 0.0121. The van der Waals surface area contributed by atoms with Gasteiger partial charge in [0.2, 0.25) is 0 Å². The Morgan fingerprint density at radius 3 is 3.00 bits per heavy atom. The number of pyridine rings is 1. The summed E-state index contributed by atoms with van der Waals surface area (Å²) in [7, 11) is 1.74. The Morgan fingerprint density at radius 2 is 2.39 bits per heavy atom. The fourth-order valence-electron chi connectivity index (χ4n) is 2.25. The van der Waals surface area contributed by atoms with Gasteiger partial charge in [0, 0.05) is 38.0 Å². The van der Waals surface area contributed by atoms with E-state index in [1.165, 1.54) is 5.57 Å². The third-order valence-corrected chi connectivity index (χ3v) is 3.24. The summed E-state index contributed by atoms with van der Waals surface area (Å²) in [6.45, 7) is 4.59. The highest BCUT2D eigenvalue weighted by atomic mass is 16.5. The van der Waals surface area contributed by atoms with Crippen LogP contribution < -0.4 is 10.6 Å². The van der Waals surface area contributed by atoms with Gasteiger partial charge in [-0.1, -0.05) is 12.1 Å². The topological polar surface area (TPSA) is 51.4 Å². The van der Waals surface area contributed by atoms with Crippen LogP contribution in [-0.4, -0.2) is 31.8 Å². The molecular weight excluding hydrogens is 226 g/mol. The Morgan fingerprint density at radius 1 is 1.56 bits per heavy atom. The van der Waals surface area contributed by atoms with E-state index in [1.54, 1.807) is 7.11 Å². The number of ether oxygens (including phenoxy) is 1. The van der Waals surface area contributed by atoms with Gasteiger partial charge in [-0.15, -0.1) is 0 Å². The van der Waals surface area contributed by atoms with Crippen LogP contribution in [-0.2, 0) is 4.74 Å². The Bertz CT molecular complexity index is 429. The first kappa shape index (κ1) is 13.1. The molecule has 0 unspecified atom stereocenters. The van der Waals surface area contributed by atoms with Crippen LogP contribution in [0.2, 0.25) is 0 Å². The fourth-order valence-corrected chi connectivity index (χ4v) is 2.25. The summed E-state index contributed by atoms with van der Waals surface area (Å²) in [5, 5.41) is 0. The van der Waals surface area contributed by atoms with Crippen LogP contribution in [0.1, 0.15) is 24.9 Å². The lowest BCUT2D eigenvalue weighted by Gasteiger charge is -2.29. The van der Waals surface area contributed by atoms with Gasteiger partial charge in [0.15, 0.2) is 0 Å². The largest absolute Gasteiger partial charge is 0.380 e. The van der Waals surface area contributed by atoms with Crippen LogP contribution in [0.4, 0.5) is 5.82 Å². The van der Waals surface area contributed by atoms with Gasteiger partial charge in [-0.2, -0.15) is 0 Å². The van der Waals surface area contributed by atoms with Gasteiger partial charge in [-0.25, -0.2) is 4.98 Å². The maximum atomic E-state index is 5.99. The summed E-state index contributed by atoms with van der Waals surface area (Å²) in [5.41, 5.74) is 8.47. The molecule has 0 saturated carbocycles. The van der Waals surface area contributed by atoms with E-state index in [1.807, 2.05) is 19.2 Å². The monoisotopic (exact) mass is 247 g/mol. The number of methoxy groups -OCH3 is 1. The van der Waals surface area contributed by atoms with Crippen LogP contribution in [0.3, 0.4) is 0 Å². The molecule has 0 aromatic carbocycles. The normalized spacial score (nSPS) is 17.5. The second-order valence-electron chi connectivity index (χ2n) is 4.70. The van der Waals surface area contributed by atoms with Gasteiger partial charge >= 0.3 is 0 Å². The zero-order valence-electron chi connectivity index (χ0n) is 11.1. The van der Waals surface area contributed by atoms with Crippen molar-refractivity contribution >= 4 is 5.82 Å². The molecule has 1 aromatic heterocycles. The first-order valence-corrected chi connectivity index (χ1v) is 6.34. The lowest BCUT2D eigenvalue weighted by Crippen LogP contribution is -2.31. The first-order chi connectivity index (χ1) is 8.72. The van der Waals surface area contributed by atoms with Gasteiger partial charge in [0.25, 0.3) is 0 Å². The van der Waals surface area contributed by atoms with Crippen molar-refractivity contribution in [2.45, 2.75) is 19.4 Å². The number of hydrogen-bond acceptors (Lipinski definition) is 4. The molecule has 1 aliphatic heterocycles. The molecule has 0 saturated heterocycles. The highest BCUT2D eigenvalue weighted by molar-refractivity contribution is 5.49. The molecule has 1 aromatic rings. The highest BCUT2D eigenvalue weighted by Gasteiger charge is 2.17. The Labute approximate surface area is 108 Å². The Hall–Kier alpha value is -1.39. The number of anilines is 1. The molecule has 18 heavy (non-hydrogen) atoms. The molecular formula is C14H21N3O. The van der Waals surface area contributed by atoms with Gasteiger partial charge in [-0.05, 0) is 25.0 Å². The molecule has 1 atom stereocenters. The van der Waals surface area contributed by atoms with E-state index in [0.29, 0.717) is 0 Å². The van der Waals surface area contributed by atoms with E-state index < -0.39 is 0 Å². The standard InChI is InChI=1S/C14H21N3O/c1-11(15)13-4-3-7-16-14(13)17-8-5-12(6-9-17)10-18-2/h3-5,7,11H,6,8-10,15H2,1-2H3/t11-/m0/s1. The maximum absolute atomic E-state index is 5.99. The number of aromatic nitrogens is 1. The van der Waals surface area contributed by atoms with E-state index in [9.17, 15) is 0 Å². The Kier molecular flexibility index (Phi) is 4.33. The van der Waals surface area contributed by atoms with E-state index in [4.69, 9.17) is 10.5 Å². The van der Waals surface area contributed by atoms with Crippen molar-refractivity contribution in [3.8, 4) is 0 Å². The van der Waals surface area contributed by atoms with Crippen molar-refractivity contribution in [2.75, 3.05) is 31.7 Å². The summed E-state index contributed by atoms with van der Waals surface area (Å²) in [5.74, 6) is 1.01. The first-order valence-electron chi connectivity index (χ1n) is 6.34. The summed E-state index contributed by atoms with van der Waals surface area (Å²) in [4.78, 5) is 6.76. The quantitative estimate of drug-likeness (QED) is 0.825. The number of nitrogens with zero attached hydrogens (tertiary/aromatic N) is 2. The lowest BCUT2D eigenvalue weighted by molar-refractivity contribution is 0.222. The van der Waals surface area contributed by atoms with Crippen molar-refractivity contribution in [3.63, 3.8) is 0 Å². The summed E-state index contributed by atoms with van der Waals surface area (Å²) < 4.78 is 5.16. The van der Waals surface area contributed by atoms with Gasteiger partial charge in [-0.3, -0.25) is 0 Å². The van der Waals surface area contributed by atoms with E-state index in [2.05, 4.69) is 22.0 Å². The van der Waals surface area contributed by atoms with E-state index >= 15 is 0 Å². The second kappa shape index (κ2) is 5.98. The molecule has 0 radical (unpaired) electrons. The molecule has 0 bridgehead atoms. The third kappa shape index (κ3) is 2.89. The van der Waals surface area contributed by atoms with E-state index in [0.717, 1.165) is 37.5 Å². The molecule has 2 heterocycles. The van der Waals surface area contributed by atoms with Crippen LogP contribution in [0, 0.1) is 0 Å². The molecule has 98 valence electrons. The molecule has 4 heteroatoms. The molecule has 4 nitrogen and oxygen atoms in total. The average Bonchev–Trinajstić information content (AvgIpc) is 2.40. The van der Waals surface area contributed by atoms with Crippen LogP contribution >= 0.6 is 0 Å². The average molecular weight is 247 g/mol. The molecule has 0 aliphatic carbocycles. The molecule has 0 spiro atoms. The van der Waals surface area contributed by atoms with Crippen LogP contribution in [0.25, 0.3) is 0 Å². The lowest BCUT2D eigenvalue weighted by atomic mass is 10.1. The molecule has 0 fully saturated rings. The van der Waals surface area contributed by atoms with Crippen LogP contribution in [0.15, 0.2) is 30.0 Å². The van der Waals surface area contributed by atoms with Gasteiger partial charge in [0.05, 0.1) is 6.61 Å². The number of hydrogen-bond donors (Lipinski definition) is 1. The zero-order chi connectivity index (χ0) is 13.0. The van der Waals surface area contributed by atoms with Crippen molar-refractivity contribution in [1.82, 2.24) is 4.98 Å². The fraction of sp³-hybridized carbons (Fsp3) is 0.500.